The van der Waals surface area contributed by atoms with E-state index in [4.69, 9.17) is 0 Å². The lowest BCUT2D eigenvalue weighted by Crippen LogP contribution is -2.41. The second kappa shape index (κ2) is 7.95. The minimum atomic E-state index is -0.0867. The second-order valence-electron chi connectivity index (χ2n) is 6.63. The van der Waals surface area contributed by atoms with Crippen molar-refractivity contribution < 1.29 is 4.79 Å². The summed E-state index contributed by atoms with van der Waals surface area (Å²) in [5.41, 5.74) is 1.89. The molecule has 0 bridgehead atoms. The molecule has 1 saturated heterocycles. The number of aromatic nitrogens is 3. The van der Waals surface area contributed by atoms with Crippen LogP contribution in [0, 0.1) is 5.92 Å². The molecule has 3 aromatic rings. The molecule has 0 radical (unpaired) electrons. The average molecular weight is 359 g/mol. The summed E-state index contributed by atoms with van der Waals surface area (Å²) in [7, 11) is 0. The van der Waals surface area contributed by atoms with Gasteiger partial charge < -0.3 is 10.2 Å². The van der Waals surface area contributed by atoms with Gasteiger partial charge in [-0.1, -0.05) is 36.4 Å². The number of rotatable bonds is 4. The highest BCUT2D eigenvalue weighted by Crippen LogP contribution is 2.24. The number of piperidine rings is 1. The van der Waals surface area contributed by atoms with Gasteiger partial charge in [0.25, 0.3) is 0 Å². The molecule has 1 amide bonds. The van der Waals surface area contributed by atoms with Crippen LogP contribution in [0.15, 0.2) is 66.9 Å². The fourth-order valence-electron chi connectivity index (χ4n) is 3.32. The van der Waals surface area contributed by atoms with Gasteiger partial charge in [0.2, 0.25) is 5.91 Å². The standard InChI is InChI=1S/C21H21N5O/c27-21(23-19-10-4-5-13-22-19)17-9-6-14-26(15-17)20-12-11-18(24-25-20)16-7-2-1-3-8-16/h1-5,7-8,10-13,17H,6,9,14-15H2,(H,22,23,27). The molecule has 0 saturated carbocycles. The molecule has 1 aliphatic rings. The van der Waals surface area contributed by atoms with E-state index in [0.717, 1.165) is 36.5 Å². The van der Waals surface area contributed by atoms with Crippen LogP contribution in [0.25, 0.3) is 11.3 Å². The van der Waals surface area contributed by atoms with Crippen molar-refractivity contribution in [2.45, 2.75) is 12.8 Å². The number of nitrogens with zero attached hydrogens (tertiary/aromatic N) is 4. The van der Waals surface area contributed by atoms with E-state index in [1.807, 2.05) is 54.6 Å². The molecule has 1 N–H and O–H groups in total. The second-order valence-corrected chi connectivity index (χ2v) is 6.63. The van der Waals surface area contributed by atoms with Crippen molar-refractivity contribution in [2.24, 2.45) is 5.92 Å². The average Bonchev–Trinajstić information content (AvgIpc) is 2.75. The van der Waals surface area contributed by atoms with E-state index in [0.29, 0.717) is 12.4 Å². The van der Waals surface area contributed by atoms with Gasteiger partial charge in [-0.3, -0.25) is 4.79 Å². The lowest BCUT2D eigenvalue weighted by molar-refractivity contribution is -0.120. The molecule has 6 nitrogen and oxygen atoms in total. The fourth-order valence-corrected chi connectivity index (χ4v) is 3.32. The first-order chi connectivity index (χ1) is 13.3. The number of nitrogens with one attached hydrogen (secondary N) is 1. The Morgan fingerprint density at radius 3 is 2.59 bits per heavy atom. The first-order valence-electron chi connectivity index (χ1n) is 9.15. The van der Waals surface area contributed by atoms with Gasteiger partial charge in [-0.15, -0.1) is 10.2 Å². The van der Waals surface area contributed by atoms with Crippen LogP contribution in [-0.4, -0.2) is 34.2 Å². The normalized spacial score (nSPS) is 16.7. The minimum absolute atomic E-state index is 0.00673. The van der Waals surface area contributed by atoms with Gasteiger partial charge in [0.05, 0.1) is 11.6 Å². The summed E-state index contributed by atoms with van der Waals surface area (Å²) in [6, 6.07) is 19.4. The Labute approximate surface area is 158 Å². The molecular formula is C21H21N5O. The summed E-state index contributed by atoms with van der Waals surface area (Å²) < 4.78 is 0. The van der Waals surface area contributed by atoms with E-state index in [-0.39, 0.29) is 11.8 Å². The lowest BCUT2D eigenvalue weighted by Gasteiger charge is -2.32. The first-order valence-corrected chi connectivity index (χ1v) is 9.15. The molecule has 136 valence electrons. The van der Waals surface area contributed by atoms with Crippen LogP contribution in [0.1, 0.15) is 12.8 Å². The molecule has 0 spiro atoms. The third-order valence-corrected chi connectivity index (χ3v) is 4.75. The lowest BCUT2D eigenvalue weighted by atomic mass is 9.97. The summed E-state index contributed by atoms with van der Waals surface area (Å²) in [6.07, 6.45) is 3.49. The molecule has 3 heterocycles. The zero-order valence-electron chi connectivity index (χ0n) is 15.0. The van der Waals surface area contributed by atoms with Gasteiger partial charge in [-0.25, -0.2) is 4.98 Å². The molecular weight excluding hydrogens is 338 g/mol. The van der Waals surface area contributed by atoms with E-state index in [1.54, 1.807) is 12.3 Å². The van der Waals surface area contributed by atoms with E-state index in [2.05, 4.69) is 25.4 Å². The van der Waals surface area contributed by atoms with Crippen LogP contribution < -0.4 is 10.2 Å². The van der Waals surface area contributed by atoms with Crippen LogP contribution in [0.3, 0.4) is 0 Å². The number of benzene rings is 1. The zero-order valence-corrected chi connectivity index (χ0v) is 15.0. The molecule has 1 unspecified atom stereocenters. The van der Waals surface area contributed by atoms with Gasteiger partial charge in [-0.05, 0) is 37.1 Å². The van der Waals surface area contributed by atoms with E-state index < -0.39 is 0 Å². The maximum absolute atomic E-state index is 12.6. The number of hydrogen-bond acceptors (Lipinski definition) is 5. The number of carbonyl (C=O) groups is 1. The summed E-state index contributed by atoms with van der Waals surface area (Å²) in [5.74, 6) is 1.32. The number of amides is 1. The van der Waals surface area contributed by atoms with Crippen molar-refractivity contribution in [3.8, 4) is 11.3 Å². The van der Waals surface area contributed by atoms with Crippen LogP contribution in [0.5, 0.6) is 0 Å². The van der Waals surface area contributed by atoms with Gasteiger partial charge in [0.1, 0.15) is 5.82 Å². The highest BCUT2D eigenvalue weighted by atomic mass is 16.2. The van der Waals surface area contributed by atoms with Crippen molar-refractivity contribution in [3.05, 3.63) is 66.9 Å². The predicted octanol–water partition coefficient (Wildman–Crippen LogP) is 3.39. The van der Waals surface area contributed by atoms with E-state index in [9.17, 15) is 4.79 Å². The van der Waals surface area contributed by atoms with Crippen molar-refractivity contribution in [3.63, 3.8) is 0 Å². The smallest absolute Gasteiger partial charge is 0.230 e. The molecule has 1 aliphatic heterocycles. The Hall–Kier alpha value is -3.28. The molecule has 1 atom stereocenters. The Morgan fingerprint density at radius 2 is 1.85 bits per heavy atom. The van der Waals surface area contributed by atoms with Gasteiger partial charge in [0, 0.05) is 24.8 Å². The summed E-state index contributed by atoms with van der Waals surface area (Å²) in [4.78, 5) is 18.9. The number of anilines is 2. The highest BCUT2D eigenvalue weighted by molar-refractivity contribution is 5.92. The maximum atomic E-state index is 12.6. The maximum Gasteiger partial charge on any atom is 0.230 e. The van der Waals surface area contributed by atoms with Crippen molar-refractivity contribution in [1.29, 1.82) is 0 Å². The molecule has 2 aromatic heterocycles. The Bertz CT molecular complexity index is 883. The summed E-state index contributed by atoms with van der Waals surface area (Å²) >= 11 is 0. The zero-order chi connectivity index (χ0) is 18.5. The molecule has 1 aromatic carbocycles. The number of hydrogen-bond donors (Lipinski definition) is 1. The van der Waals surface area contributed by atoms with Crippen molar-refractivity contribution in [2.75, 3.05) is 23.3 Å². The third-order valence-electron chi connectivity index (χ3n) is 4.75. The van der Waals surface area contributed by atoms with Crippen LogP contribution in [-0.2, 0) is 4.79 Å². The molecule has 4 rings (SSSR count). The van der Waals surface area contributed by atoms with Crippen molar-refractivity contribution in [1.82, 2.24) is 15.2 Å². The van der Waals surface area contributed by atoms with Crippen molar-refractivity contribution >= 4 is 17.5 Å². The van der Waals surface area contributed by atoms with Crippen LogP contribution >= 0.6 is 0 Å². The van der Waals surface area contributed by atoms with Gasteiger partial charge in [0.15, 0.2) is 5.82 Å². The van der Waals surface area contributed by atoms with Gasteiger partial charge >= 0.3 is 0 Å². The van der Waals surface area contributed by atoms with Crippen LogP contribution in [0.4, 0.5) is 11.6 Å². The minimum Gasteiger partial charge on any atom is -0.354 e. The largest absolute Gasteiger partial charge is 0.354 e. The molecule has 27 heavy (non-hydrogen) atoms. The molecule has 0 aliphatic carbocycles. The quantitative estimate of drug-likeness (QED) is 0.773. The Morgan fingerprint density at radius 1 is 1.00 bits per heavy atom. The number of carbonyl (C=O) groups excluding carboxylic acids is 1. The topological polar surface area (TPSA) is 71.0 Å². The summed E-state index contributed by atoms with van der Waals surface area (Å²) in [6.45, 7) is 1.52. The molecule has 6 heteroatoms. The summed E-state index contributed by atoms with van der Waals surface area (Å²) in [5, 5.41) is 11.6. The monoisotopic (exact) mass is 359 g/mol. The van der Waals surface area contributed by atoms with E-state index in [1.165, 1.54) is 0 Å². The Kier molecular flexibility index (Phi) is 5.05. The van der Waals surface area contributed by atoms with Gasteiger partial charge in [-0.2, -0.15) is 0 Å². The predicted molar refractivity (Wildman–Crippen MR) is 105 cm³/mol. The third kappa shape index (κ3) is 4.11. The Balaban J connectivity index is 1.43. The van der Waals surface area contributed by atoms with Crippen LogP contribution in [0.2, 0.25) is 0 Å². The number of pyridine rings is 1. The fraction of sp³-hybridized carbons (Fsp3) is 0.238. The SMILES string of the molecule is O=C(Nc1ccccn1)C1CCCN(c2ccc(-c3ccccc3)nn2)C1. The first kappa shape index (κ1) is 17.1. The van der Waals surface area contributed by atoms with E-state index >= 15 is 0 Å². The molecule has 1 fully saturated rings. The highest BCUT2D eigenvalue weighted by Gasteiger charge is 2.27.